The molecule has 0 aliphatic heterocycles. The highest BCUT2D eigenvalue weighted by molar-refractivity contribution is 7.34. The van der Waals surface area contributed by atoms with E-state index in [9.17, 15) is 35.7 Å². The van der Waals surface area contributed by atoms with E-state index in [4.69, 9.17) is 16.1 Å². The zero-order valence-corrected chi connectivity index (χ0v) is 15.1. The average molecular weight is 448 g/mol. The van der Waals surface area contributed by atoms with Gasteiger partial charge in [0.1, 0.15) is 5.75 Å². The molecule has 1 amide bonds. The standard InChI is InChI=1S/C15H9ClF6NO4P/c16-10-1-3-12(4-2-10)26-28(25)27-13(24)23-11-6-8(14(17,18)19)5-9(7-11)15(20,21)22/h1-7,28H,(H,23,24). The van der Waals surface area contributed by atoms with Crippen LogP contribution in [0.1, 0.15) is 11.1 Å². The lowest BCUT2D eigenvalue weighted by Gasteiger charge is -2.14. The molecular formula is C15H9ClF6NO4P. The van der Waals surface area contributed by atoms with Gasteiger partial charge in [0.05, 0.1) is 11.1 Å². The molecule has 1 atom stereocenters. The number of rotatable bonds is 4. The van der Waals surface area contributed by atoms with Crippen LogP contribution in [0.2, 0.25) is 5.02 Å². The van der Waals surface area contributed by atoms with Gasteiger partial charge in [0, 0.05) is 10.7 Å². The van der Waals surface area contributed by atoms with E-state index in [1.54, 1.807) is 5.32 Å². The molecule has 152 valence electrons. The predicted molar refractivity (Wildman–Crippen MR) is 87.6 cm³/mol. The van der Waals surface area contributed by atoms with Gasteiger partial charge in [0.2, 0.25) is 0 Å². The van der Waals surface area contributed by atoms with Gasteiger partial charge in [-0.3, -0.25) is 5.32 Å². The van der Waals surface area contributed by atoms with Crippen LogP contribution < -0.4 is 9.84 Å². The van der Waals surface area contributed by atoms with Crippen molar-refractivity contribution in [2.24, 2.45) is 0 Å². The van der Waals surface area contributed by atoms with Crippen molar-refractivity contribution in [2.45, 2.75) is 12.4 Å². The minimum atomic E-state index is -5.09. The second-order valence-electron chi connectivity index (χ2n) is 5.12. The third-order valence-electron chi connectivity index (χ3n) is 3.02. The summed E-state index contributed by atoms with van der Waals surface area (Å²) in [5, 5.41) is 2.00. The van der Waals surface area contributed by atoms with Crippen LogP contribution in [0, 0.1) is 0 Å². The Labute approximate surface area is 159 Å². The molecule has 13 heteroatoms. The van der Waals surface area contributed by atoms with Crippen LogP contribution in [0.4, 0.5) is 36.8 Å². The maximum absolute atomic E-state index is 12.8. The Kier molecular flexibility index (Phi) is 6.51. The Bertz CT molecular complexity index is 853. The summed E-state index contributed by atoms with van der Waals surface area (Å²) in [6, 6.07) is 5.80. The number of nitrogens with one attached hydrogen (secondary N) is 1. The molecule has 2 aromatic rings. The maximum atomic E-state index is 12.8. The molecule has 1 unspecified atom stereocenters. The summed E-state index contributed by atoms with van der Waals surface area (Å²) in [5.74, 6) is 0.0134. The molecule has 0 bridgehead atoms. The van der Waals surface area contributed by atoms with Crippen LogP contribution in [0.15, 0.2) is 42.5 Å². The van der Waals surface area contributed by atoms with E-state index in [-0.39, 0.29) is 23.9 Å². The summed E-state index contributed by atoms with van der Waals surface area (Å²) < 4.78 is 97.3. The van der Waals surface area contributed by atoms with Gasteiger partial charge in [-0.15, -0.1) is 0 Å². The van der Waals surface area contributed by atoms with Crippen LogP contribution in [-0.4, -0.2) is 6.09 Å². The topological polar surface area (TPSA) is 64.6 Å². The highest BCUT2D eigenvalue weighted by Crippen LogP contribution is 2.38. The fraction of sp³-hybridized carbons (Fsp3) is 0.133. The molecule has 0 fully saturated rings. The second kappa shape index (κ2) is 8.32. The first-order valence-corrected chi connectivity index (χ1v) is 8.70. The Morgan fingerprint density at radius 1 is 0.929 bits per heavy atom. The SMILES string of the molecule is O=C(Nc1cc(C(F)(F)F)cc(C(F)(F)F)c1)O[PH](=O)Oc1ccc(Cl)cc1. The van der Waals surface area contributed by atoms with Gasteiger partial charge in [0.25, 0.3) is 0 Å². The molecule has 5 nitrogen and oxygen atoms in total. The lowest BCUT2D eigenvalue weighted by atomic mass is 10.1. The van der Waals surface area contributed by atoms with Crippen molar-refractivity contribution < 1.29 is 44.7 Å². The first-order valence-electron chi connectivity index (χ1n) is 7.10. The number of amides is 1. The maximum Gasteiger partial charge on any atom is 0.422 e. The van der Waals surface area contributed by atoms with Gasteiger partial charge in [-0.2, -0.15) is 26.3 Å². The zero-order chi connectivity index (χ0) is 21.1. The van der Waals surface area contributed by atoms with Crippen molar-refractivity contribution in [3.63, 3.8) is 0 Å². The van der Waals surface area contributed by atoms with Gasteiger partial charge in [-0.05, 0) is 42.5 Å². The number of anilines is 1. The molecule has 0 aliphatic rings. The van der Waals surface area contributed by atoms with E-state index in [1.165, 1.54) is 24.3 Å². The first-order chi connectivity index (χ1) is 12.8. The fourth-order valence-corrected chi connectivity index (χ4v) is 2.56. The number of halogens is 7. The third kappa shape index (κ3) is 6.35. The van der Waals surface area contributed by atoms with E-state index < -0.39 is 43.5 Å². The number of hydrogen-bond acceptors (Lipinski definition) is 4. The quantitative estimate of drug-likeness (QED) is 0.435. The second-order valence-corrected chi connectivity index (χ2v) is 6.46. The molecule has 2 rings (SSSR count). The Balaban J connectivity index is 2.12. The predicted octanol–water partition coefficient (Wildman–Crippen LogP) is 6.39. The Morgan fingerprint density at radius 2 is 1.43 bits per heavy atom. The molecule has 28 heavy (non-hydrogen) atoms. The van der Waals surface area contributed by atoms with Crippen LogP contribution in [0.3, 0.4) is 0 Å². The molecular weight excluding hydrogens is 439 g/mol. The van der Waals surface area contributed by atoms with Gasteiger partial charge >= 0.3 is 26.7 Å². The smallest absolute Gasteiger partial charge is 0.418 e. The summed E-state index contributed by atoms with van der Waals surface area (Å²) in [5.41, 5.74) is -4.13. The van der Waals surface area contributed by atoms with Crippen molar-refractivity contribution in [3.8, 4) is 5.75 Å². The number of carbonyl (C=O) groups is 1. The van der Waals surface area contributed by atoms with E-state index in [0.29, 0.717) is 5.02 Å². The lowest BCUT2D eigenvalue weighted by molar-refractivity contribution is -0.143. The molecule has 0 spiro atoms. The Morgan fingerprint density at radius 3 is 1.89 bits per heavy atom. The van der Waals surface area contributed by atoms with Gasteiger partial charge in [-0.25, -0.2) is 9.36 Å². The number of carbonyl (C=O) groups excluding carboxylic acids is 1. The molecule has 0 saturated heterocycles. The summed E-state index contributed by atoms with van der Waals surface area (Å²) in [7, 11) is -3.50. The highest BCUT2D eigenvalue weighted by Gasteiger charge is 2.37. The van der Waals surface area contributed by atoms with Crippen molar-refractivity contribution in [1.29, 1.82) is 0 Å². The summed E-state index contributed by atoms with van der Waals surface area (Å²) in [6.45, 7) is 0. The molecule has 1 N–H and O–H groups in total. The Hall–Kier alpha value is -2.39. The highest BCUT2D eigenvalue weighted by atomic mass is 35.5. The minimum Gasteiger partial charge on any atom is -0.418 e. The average Bonchev–Trinajstić information content (AvgIpc) is 2.55. The van der Waals surface area contributed by atoms with Gasteiger partial charge in [-0.1, -0.05) is 11.6 Å². The van der Waals surface area contributed by atoms with Crippen LogP contribution in [-0.2, 0) is 21.4 Å². The first kappa shape index (κ1) is 21.9. The molecule has 0 aromatic heterocycles. The van der Waals surface area contributed by atoms with E-state index in [0.717, 1.165) is 0 Å². The van der Waals surface area contributed by atoms with Crippen molar-refractivity contribution >= 4 is 31.6 Å². The number of hydrogen-bond donors (Lipinski definition) is 1. The van der Waals surface area contributed by atoms with Crippen molar-refractivity contribution in [3.05, 3.63) is 58.6 Å². The van der Waals surface area contributed by atoms with Crippen LogP contribution in [0.5, 0.6) is 5.75 Å². The van der Waals surface area contributed by atoms with E-state index >= 15 is 0 Å². The van der Waals surface area contributed by atoms with Gasteiger partial charge in [0.15, 0.2) is 0 Å². The third-order valence-corrected chi connectivity index (χ3v) is 4.03. The fourth-order valence-electron chi connectivity index (χ4n) is 1.87. The largest absolute Gasteiger partial charge is 0.422 e. The van der Waals surface area contributed by atoms with Crippen LogP contribution >= 0.6 is 19.9 Å². The zero-order valence-electron chi connectivity index (χ0n) is 13.3. The molecule has 2 aromatic carbocycles. The molecule has 0 saturated carbocycles. The lowest BCUT2D eigenvalue weighted by Crippen LogP contribution is -2.15. The summed E-state index contributed by atoms with van der Waals surface area (Å²) in [4.78, 5) is 11.6. The number of alkyl halides is 6. The van der Waals surface area contributed by atoms with Crippen molar-refractivity contribution in [1.82, 2.24) is 0 Å². The molecule has 0 aliphatic carbocycles. The number of benzene rings is 2. The molecule has 0 radical (unpaired) electrons. The summed E-state index contributed by atoms with van der Waals surface area (Å²) >= 11 is 5.63. The van der Waals surface area contributed by atoms with E-state index in [2.05, 4.69) is 4.52 Å². The minimum absolute atomic E-state index is 0.0134. The van der Waals surface area contributed by atoms with Crippen LogP contribution in [0.25, 0.3) is 0 Å². The van der Waals surface area contributed by atoms with Crippen molar-refractivity contribution in [2.75, 3.05) is 5.32 Å². The normalized spacial score (nSPS) is 13.0. The van der Waals surface area contributed by atoms with Gasteiger partial charge < -0.3 is 9.05 Å². The monoisotopic (exact) mass is 447 g/mol. The summed E-state index contributed by atoms with van der Waals surface area (Å²) in [6.07, 6.45) is -11.7. The molecule has 0 heterocycles. The van der Waals surface area contributed by atoms with E-state index in [1.807, 2.05) is 0 Å².